The molecule has 6 nitrogen and oxygen atoms in total. The van der Waals surface area contributed by atoms with E-state index in [4.69, 9.17) is 10.8 Å². The fourth-order valence-corrected chi connectivity index (χ4v) is 0.635. The minimum absolute atomic E-state index is 0.369. The van der Waals surface area contributed by atoms with Crippen LogP contribution in [-0.4, -0.2) is 35.4 Å². The minimum Gasteiger partial charge on any atom is -0.481 e. The molecule has 0 aromatic rings. The SMILES string of the molecule is C[C@H](N)C(=O)NC(C=O)CC(=O)O. The van der Waals surface area contributed by atoms with Crippen LogP contribution >= 0.6 is 0 Å². The van der Waals surface area contributed by atoms with Gasteiger partial charge in [0.1, 0.15) is 6.29 Å². The van der Waals surface area contributed by atoms with Gasteiger partial charge < -0.3 is 21.0 Å². The van der Waals surface area contributed by atoms with Crippen LogP contribution in [0.5, 0.6) is 0 Å². The van der Waals surface area contributed by atoms with E-state index < -0.39 is 30.4 Å². The Bertz CT molecular complexity index is 215. The van der Waals surface area contributed by atoms with Gasteiger partial charge in [-0.15, -0.1) is 0 Å². The van der Waals surface area contributed by atoms with Gasteiger partial charge in [-0.05, 0) is 6.92 Å². The van der Waals surface area contributed by atoms with Gasteiger partial charge in [0, 0.05) is 0 Å². The average Bonchev–Trinajstić information content (AvgIpc) is 2.02. The predicted octanol–water partition coefficient (Wildman–Crippen LogP) is -1.51. The Morgan fingerprint density at radius 1 is 1.62 bits per heavy atom. The number of amides is 1. The maximum atomic E-state index is 10.9. The highest BCUT2D eigenvalue weighted by Crippen LogP contribution is 1.89. The molecule has 4 N–H and O–H groups in total. The van der Waals surface area contributed by atoms with E-state index in [0.717, 1.165) is 0 Å². The number of carbonyl (C=O) groups excluding carboxylic acids is 2. The van der Waals surface area contributed by atoms with Crippen LogP contribution in [0.1, 0.15) is 13.3 Å². The van der Waals surface area contributed by atoms with Crippen LogP contribution in [0.25, 0.3) is 0 Å². The van der Waals surface area contributed by atoms with Gasteiger partial charge in [-0.1, -0.05) is 0 Å². The Balaban J connectivity index is 4.05. The summed E-state index contributed by atoms with van der Waals surface area (Å²) in [6, 6.07) is -1.76. The normalized spacial score (nSPS) is 14.3. The fraction of sp³-hybridized carbons (Fsp3) is 0.571. The summed E-state index contributed by atoms with van der Waals surface area (Å²) in [5.41, 5.74) is 5.19. The summed E-state index contributed by atoms with van der Waals surface area (Å²) < 4.78 is 0. The smallest absolute Gasteiger partial charge is 0.305 e. The molecule has 0 heterocycles. The van der Waals surface area contributed by atoms with Crippen molar-refractivity contribution in [2.75, 3.05) is 0 Å². The van der Waals surface area contributed by atoms with Gasteiger partial charge in [-0.25, -0.2) is 0 Å². The molecular weight excluding hydrogens is 176 g/mol. The highest BCUT2D eigenvalue weighted by molar-refractivity contribution is 5.85. The molecule has 0 saturated carbocycles. The molecule has 1 unspecified atom stereocenters. The van der Waals surface area contributed by atoms with Crippen LogP contribution in [0.2, 0.25) is 0 Å². The molecule has 0 bridgehead atoms. The Kier molecular flexibility index (Phi) is 4.68. The second-order valence-corrected chi connectivity index (χ2v) is 2.64. The lowest BCUT2D eigenvalue weighted by Crippen LogP contribution is -2.45. The van der Waals surface area contributed by atoms with Crippen LogP contribution in [0.15, 0.2) is 0 Å². The zero-order valence-corrected chi connectivity index (χ0v) is 7.19. The first-order chi connectivity index (χ1) is 5.97. The number of carboxylic acids is 1. The topological polar surface area (TPSA) is 109 Å². The summed E-state index contributed by atoms with van der Waals surface area (Å²) in [4.78, 5) is 31.4. The van der Waals surface area contributed by atoms with Gasteiger partial charge in [0.25, 0.3) is 0 Å². The van der Waals surface area contributed by atoms with E-state index >= 15 is 0 Å². The van der Waals surface area contributed by atoms with E-state index in [9.17, 15) is 14.4 Å². The average molecular weight is 188 g/mol. The first-order valence-electron chi connectivity index (χ1n) is 3.70. The lowest BCUT2D eigenvalue weighted by atomic mass is 10.2. The number of hydrogen-bond acceptors (Lipinski definition) is 4. The van der Waals surface area contributed by atoms with E-state index in [1.807, 2.05) is 0 Å². The van der Waals surface area contributed by atoms with Crippen molar-refractivity contribution in [2.45, 2.75) is 25.4 Å². The molecule has 0 aliphatic heterocycles. The number of carboxylic acid groups (broad SMARTS) is 1. The zero-order valence-electron chi connectivity index (χ0n) is 7.19. The molecule has 1 amide bonds. The third-order valence-electron chi connectivity index (χ3n) is 1.30. The second kappa shape index (κ2) is 5.26. The van der Waals surface area contributed by atoms with Crippen molar-refractivity contribution < 1.29 is 19.5 Å². The van der Waals surface area contributed by atoms with Gasteiger partial charge in [0.2, 0.25) is 5.91 Å². The van der Waals surface area contributed by atoms with E-state index in [1.54, 1.807) is 0 Å². The molecular formula is C7H12N2O4. The molecule has 6 heteroatoms. The van der Waals surface area contributed by atoms with Crippen molar-refractivity contribution in [3.05, 3.63) is 0 Å². The number of hydrogen-bond donors (Lipinski definition) is 3. The lowest BCUT2D eigenvalue weighted by Gasteiger charge is -2.11. The Morgan fingerprint density at radius 2 is 2.15 bits per heavy atom. The maximum absolute atomic E-state index is 10.9. The Labute approximate surface area is 75.1 Å². The lowest BCUT2D eigenvalue weighted by molar-refractivity contribution is -0.138. The minimum atomic E-state index is -1.15. The van der Waals surface area contributed by atoms with E-state index in [-0.39, 0.29) is 0 Å². The van der Waals surface area contributed by atoms with Crippen LogP contribution in [0.4, 0.5) is 0 Å². The zero-order chi connectivity index (χ0) is 10.4. The number of rotatable bonds is 5. The van der Waals surface area contributed by atoms with Gasteiger partial charge in [0.05, 0.1) is 18.5 Å². The molecule has 0 aliphatic rings. The molecule has 0 aromatic carbocycles. The van der Waals surface area contributed by atoms with Gasteiger partial charge in [-0.2, -0.15) is 0 Å². The third kappa shape index (κ3) is 4.91. The van der Waals surface area contributed by atoms with Crippen LogP contribution in [0, 0.1) is 0 Å². The molecule has 0 fully saturated rings. The van der Waals surface area contributed by atoms with Crippen molar-refractivity contribution in [3.8, 4) is 0 Å². The summed E-state index contributed by atoms with van der Waals surface area (Å²) >= 11 is 0. The predicted molar refractivity (Wildman–Crippen MR) is 43.9 cm³/mol. The summed E-state index contributed by atoms with van der Waals surface area (Å²) in [5.74, 6) is -1.69. The summed E-state index contributed by atoms with van der Waals surface area (Å²) in [6.45, 7) is 1.44. The summed E-state index contributed by atoms with van der Waals surface area (Å²) in [6.07, 6.45) is -0.0592. The number of nitrogens with two attached hydrogens (primary N) is 1. The highest BCUT2D eigenvalue weighted by atomic mass is 16.4. The molecule has 0 saturated heterocycles. The standard InChI is InChI=1S/C7H12N2O4/c1-4(8)7(13)9-5(3-10)2-6(11)12/h3-5H,2,8H2,1H3,(H,9,13)(H,11,12)/t4-,5?/m0/s1. The summed E-state index contributed by atoms with van der Waals surface area (Å²) in [7, 11) is 0. The molecule has 74 valence electrons. The quantitative estimate of drug-likeness (QED) is 0.454. The monoisotopic (exact) mass is 188 g/mol. The van der Waals surface area contributed by atoms with Crippen molar-refractivity contribution in [1.29, 1.82) is 0 Å². The Hall–Kier alpha value is -1.43. The number of aldehydes is 1. The first-order valence-corrected chi connectivity index (χ1v) is 3.70. The number of nitrogens with one attached hydrogen (secondary N) is 1. The molecule has 0 rings (SSSR count). The van der Waals surface area contributed by atoms with Gasteiger partial charge in [-0.3, -0.25) is 9.59 Å². The molecule has 0 radical (unpaired) electrons. The fourth-order valence-electron chi connectivity index (χ4n) is 0.635. The molecule has 0 aromatic heterocycles. The van der Waals surface area contributed by atoms with Crippen LogP contribution in [-0.2, 0) is 14.4 Å². The van der Waals surface area contributed by atoms with Gasteiger partial charge >= 0.3 is 5.97 Å². The molecule has 2 atom stereocenters. The third-order valence-corrected chi connectivity index (χ3v) is 1.30. The van der Waals surface area contributed by atoms with Gasteiger partial charge in [0.15, 0.2) is 0 Å². The highest BCUT2D eigenvalue weighted by Gasteiger charge is 2.16. The van der Waals surface area contributed by atoms with Crippen LogP contribution in [0.3, 0.4) is 0 Å². The number of aliphatic carboxylic acids is 1. The van der Waals surface area contributed by atoms with Crippen molar-refractivity contribution in [2.24, 2.45) is 5.73 Å². The molecule has 0 spiro atoms. The maximum Gasteiger partial charge on any atom is 0.305 e. The van der Waals surface area contributed by atoms with E-state index in [0.29, 0.717) is 6.29 Å². The number of carbonyl (C=O) groups is 3. The van der Waals surface area contributed by atoms with E-state index in [2.05, 4.69) is 5.32 Å². The largest absolute Gasteiger partial charge is 0.481 e. The van der Waals surface area contributed by atoms with Crippen LogP contribution < -0.4 is 11.1 Å². The molecule has 0 aliphatic carbocycles. The van der Waals surface area contributed by atoms with Crippen molar-refractivity contribution >= 4 is 18.2 Å². The van der Waals surface area contributed by atoms with Crippen molar-refractivity contribution in [3.63, 3.8) is 0 Å². The second-order valence-electron chi connectivity index (χ2n) is 2.64. The first kappa shape index (κ1) is 11.6. The Morgan fingerprint density at radius 3 is 2.46 bits per heavy atom. The van der Waals surface area contributed by atoms with E-state index in [1.165, 1.54) is 6.92 Å². The summed E-state index contributed by atoms with van der Waals surface area (Å²) in [5, 5.41) is 10.5. The molecule has 13 heavy (non-hydrogen) atoms. The van der Waals surface area contributed by atoms with Crippen molar-refractivity contribution in [1.82, 2.24) is 5.32 Å².